The number of halogens is 4. The van der Waals surface area contributed by atoms with Crippen LogP contribution in [0.5, 0.6) is 11.5 Å². The molecule has 6 rings (SSSR count). The fraction of sp³-hybridized carbons (Fsp3) is 0.425. The van der Waals surface area contributed by atoms with Gasteiger partial charge in [-0.15, -0.1) is 0 Å². The number of carbonyl (C=O) groups is 1. The van der Waals surface area contributed by atoms with Gasteiger partial charge in [0.05, 0.1) is 34.9 Å². The van der Waals surface area contributed by atoms with Gasteiger partial charge in [0, 0.05) is 42.3 Å². The Bertz CT molecular complexity index is 2310. The van der Waals surface area contributed by atoms with Gasteiger partial charge in [0.15, 0.2) is 33.1 Å². The summed E-state index contributed by atoms with van der Waals surface area (Å²) in [5.74, 6) is -3.37. The fourth-order valence-corrected chi connectivity index (χ4v) is 9.61. The van der Waals surface area contributed by atoms with Gasteiger partial charge in [-0.3, -0.25) is 4.79 Å². The standard InChI is InChI=1S/C40H45F4N5O5S/c1-24(37(50)51)17-25-7-5-8-26(18-25)40(22-45-21-34(43)44)14-6-13-39(2,3)23-55(52,53)16-12-29-28-11-15-46-33(28)20-32(42)35(29)54-27-9-10-31(41)30(19-27)36-47-38(40)48-49(36)4/h5,7-11,15,18-20,24,34,45-46H,6,12-14,16-17,21-23H2,1-4H3,(H,50,51). The van der Waals surface area contributed by atoms with Crippen LogP contribution in [0, 0.1) is 23.0 Å². The number of nitrogens with zero attached hydrogens (tertiary/aromatic N) is 3. The van der Waals surface area contributed by atoms with E-state index in [1.54, 1.807) is 44.4 Å². The number of hydrogen-bond acceptors (Lipinski definition) is 7. The van der Waals surface area contributed by atoms with Crippen molar-refractivity contribution >= 4 is 26.7 Å². The number of hydrogen-bond donors (Lipinski definition) is 3. The second-order valence-electron chi connectivity index (χ2n) is 15.3. The topological polar surface area (TPSA) is 139 Å². The van der Waals surface area contributed by atoms with Crippen molar-refractivity contribution < 1.29 is 40.6 Å². The highest BCUT2D eigenvalue weighted by Gasteiger charge is 2.40. The van der Waals surface area contributed by atoms with Crippen molar-refractivity contribution in [3.05, 3.63) is 94.9 Å². The van der Waals surface area contributed by atoms with Crippen LogP contribution in [0.15, 0.2) is 60.8 Å². The quantitative estimate of drug-likeness (QED) is 0.137. The van der Waals surface area contributed by atoms with Crippen LogP contribution >= 0.6 is 0 Å². The number of sulfone groups is 1. The molecule has 2 atom stereocenters. The first kappa shape index (κ1) is 39.9. The number of alkyl halides is 2. The summed E-state index contributed by atoms with van der Waals surface area (Å²) >= 11 is 0. The first-order valence-corrected chi connectivity index (χ1v) is 20.0. The maximum absolute atomic E-state index is 15.8. The molecule has 2 unspecified atom stereocenters. The summed E-state index contributed by atoms with van der Waals surface area (Å²) in [4.78, 5) is 19.6. The molecule has 3 heterocycles. The molecule has 2 aromatic heterocycles. The number of aromatic amines is 1. The number of benzene rings is 3. The van der Waals surface area contributed by atoms with Crippen LogP contribution < -0.4 is 10.1 Å². The maximum atomic E-state index is 15.8. The van der Waals surface area contributed by atoms with Gasteiger partial charge in [0.25, 0.3) is 6.43 Å². The van der Waals surface area contributed by atoms with Crippen LogP contribution in [0.1, 0.15) is 62.5 Å². The zero-order valence-corrected chi connectivity index (χ0v) is 32.0. The Labute approximate surface area is 317 Å². The highest BCUT2D eigenvalue weighted by molar-refractivity contribution is 7.91. The average Bonchev–Trinajstić information content (AvgIpc) is 3.73. The minimum Gasteiger partial charge on any atom is -0.481 e. The molecule has 0 spiro atoms. The summed E-state index contributed by atoms with van der Waals surface area (Å²) in [7, 11) is -2.14. The highest BCUT2D eigenvalue weighted by atomic mass is 32.2. The lowest BCUT2D eigenvalue weighted by Gasteiger charge is -2.34. The lowest BCUT2D eigenvalue weighted by molar-refractivity contribution is -0.141. The number of rotatable bonds is 8. The minimum absolute atomic E-state index is 0.0215. The van der Waals surface area contributed by atoms with Gasteiger partial charge in [-0.1, -0.05) is 51.5 Å². The third-order valence-corrected chi connectivity index (χ3v) is 12.4. The zero-order chi connectivity index (χ0) is 39.7. The number of carboxylic acids is 1. The van der Waals surface area contributed by atoms with E-state index in [9.17, 15) is 27.1 Å². The van der Waals surface area contributed by atoms with E-state index in [2.05, 4.69) is 10.3 Å². The van der Waals surface area contributed by atoms with Crippen molar-refractivity contribution in [1.29, 1.82) is 0 Å². The Hall–Kier alpha value is -4.76. The van der Waals surface area contributed by atoms with Crippen LogP contribution in [-0.2, 0) is 39.9 Å². The van der Waals surface area contributed by atoms with E-state index in [0.29, 0.717) is 40.4 Å². The summed E-state index contributed by atoms with van der Waals surface area (Å²) in [6, 6.07) is 14.0. The normalized spacial score (nSPS) is 19.3. The highest BCUT2D eigenvalue weighted by Crippen LogP contribution is 2.41. The summed E-state index contributed by atoms with van der Waals surface area (Å²) < 4.78 is 93.8. The molecule has 0 fully saturated rings. The Morgan fingerprint density at radius 2 is 1.87 bits per heavy atom. The van der Waals surface area contributed by atoms with Gasteiger partial charge in [-0.2, -0.15) is 5.10 Å². The molecule has 0 amide bonds. The second-order valence-corrected chi connectivity index (χ2v) is 17.5. The first-order chi connectivity index (χ1) is 26.0. The molecular formula is C40H45F4N5O5S. The van der Waals surface area contributed by atoms with Gasteiger partial charge in [-0.25, -0.2) is 35.6 Å². The van der Waals surface area contributed by atoms with Crippen molar-refractivity contribution in [2.75, 3.05) is 24.6 Å². The lowest BCUT2D eigenvalue weighted by Crippen LogP contribution is -2.42. The van der Waals surface area contributed by atoms with Crippen LogP contribution in [0.3, 0.4) is 0 Å². The van der Waals surface area contributed by atoms with Crippen molar-refractivity contribution in [2.45, 2.75) is 64.7 Å². The van der Waals surface area contributed by atoms with Crippen molar-refractivity contribution in [3.63, 3.8) is 0 Å². The molecule has 4 bridgehead atoms. The van der Waals surface area contributed by atoms with Crippen molar-refractivity contribution in [1.82, 2.24) is 25.1 Å². The molecule has 294 valence electrons. The van der Waals surface area contributed by atoms with E-state index >= 15 is 8.78 Å². The van der Waals surface area contributed by atoms with Crippen molar-refractivity contribution in [3.8, 4) is 22.9 Å². The number of ether oxygens (including phenoxy) is 1. The number of H-pyrrole nitrogens is 1. The van der Waals surface area contributed by atoms with E-state index in [1.807, 2.05) is 19.9 Å². The van der Waals surface area contributed by atoms with Gasteiger partial charge >= 0.3 is 5.97 Å². The predicted molar refractivity (Wildman–Crippen MR) is 201 cm³/mol. The molecule has 15 heteroatoms. The third-order valence-electron chi connectivity index (χ3n) is 10.4. The minimum atomic E-state index is -3.71. The van der Waals surface area contributed by atoms with E-state index in [0.717, 1.165) is 6.07 Å². The summed E-state index contributed by atoms with van der Waals surface area (Å²) in [6.07, 6.45) is 0.213. The Kier molecular flexibility index (Phi) is 11.4. The van der Waals surface area contributed by atoms with E-state index in [-0.39, 0.29) is 66.0 Å². The van der Waals surface area contributed by atoms with Crippen LogP contribution in [0.25, 0.3) is 22.3 Å². The molecule has 0 saturated carbocycles. The van der Waals surface area contributed by atoms with Gasteiger partial charge < -0.3 is 20.1 Å². The molecule has 5 aromatic rings. The first-order valence-electron chi connectivity index (χ1n) is 18.2. The average molecular weight is 784 g/mol. The van der Waals surface area contributed by atoms with E-state index in [1.165, 1.54) is 22.9 Å². The predicted octanol–water partition coefficient (Wildman–Crippen LogP) is 7.61. The number of aliphatic carboxylic acids is 1. The lowest BCUT2D eigenvalue weighted by atomic mass is 9.73. The zero-order valence-electron chi connectivity index (χ0n) is 31.1. The van der Waals surface area contributed by atoms with Gasteiger partial charge in [0.1, 0.15) is 11.6 Å². The smallest absolute Gasteiger partial charge is 0.306 e. The SMILES string of the molecule is CC(Cc1cccc(C2(CNCC(F)F)CCCC(C)(C)CS(=O)(=O)CCc3c(c(F)cc4[nH]ccc34)Oc3ccc(F)c(c3)-c3nc2nn3C)c1)C(=O)O. The van der Waals surface area contributed by atoms with Crippen LogP contribution in [0.4, 0.5) is 17.6 Å². The fourth-order valence-electron chi connectivity index (χ4n) is 7.61. The number of aromatic nitrogens is 4. The van der Waals surface area contributed by atoms with Crippen LogP contribution in [-0.4, -0.2) is 70.3 Å². The van der Waals surface area contributed by atoms with Crippen LogP contribution in [0.2, 0.25) is 0 Å². The maximum Gasteiger partial charge on any atom is 0.306 e. The molecule has 1 aliphatic rings. The Balaban J connectivity index is 1.54. The summed E-state index contributed by atoms with van der Waals surface area (Å²) in [5, 5.41) is 17.9. The van der Waals surface area contributed by atoms with Gasteiger partial charge in [0.2, 0.25) is 0 Å². The van der Waals surface area contributed by atoms with Crippen molar-refractivity contribution in [2.24, 2.45) is 18.4 Å². The molecule has 55 heavy (non-hydrogen) atoms. The molecule has 0 saturated heterocycles. The number of nitrogens with one attached hydrogen (secondary N) is 2. The third kappa shape index (κ3) is 8.88. The Morgan fingerprint density at radius 3 is 2.62 bits per heavy atom. The summed E-state index contributed by atoms with van der Waals surface area (Å²) in [5.41, 5.74) is 0.185. The van der Waals surface area contributed by atoms with Gasteiger partial charge in [-0.05, 0) is 66.5 Å². The number of fused-ring (bicyclic) bond motifs is 8. The summed E-state index contributed by atoms with van der Waals surface area (Å²) in [6.45, 7) is 4.59. The van der Waals surface area contributed by atoms with E-state index < -0.39 is 57.2 Å². The molecule has 1 aliphatic heterocycles. The molecule has 0 radical (unpaired) electrons. The van der Waals surface area contributed by atoms with E-state index in [4.69, 9.17) is 14.8 Å². The number of carboxylic acid groups (broad SMARTS) is 1. The molecule has 0 aliphatic carbocycles. The molecule has 3 aromatic carbocycles. The molecule has 3 N–H and O–H groups in total. The molecule has 10 nitrogen and oxygen atoms in total. The number of aryl methyl sites for hydroxylation is 2. The largest absolute Gasteiger partial charge is 0.481 e. The monoisotopic (exact) mass is 783 g/mol. The molecular weight excluding hydrogens is 739 g/mol. The second kappa shape index (κ2) is 15.8. The Morgan fingerprint density at radius 1 is 1.09 bits per heavy atom.